The smallest absolute Gasteiger partial charge is 0.224 e. The van der Waals surface area contributed by atoms with Crippen molar-refractivity contribution >= 4 is 11.8 Å². The molecule has 2 amide bonds. The molecule has 0 spiro atoms. The van der Waals surface area contributed by atoms with Crippen LogP contribution in [-0.2, 0) is 16.0 Å². The van der Waals surface area contributed by atoms with Crippen molar-refractivity contribution < 1.29 is 9.59 Å². The van der Waals surface area contributed by atoms with Gasteiger partial charge in [0.25, 0.3) is 0 Å². The molecule has 0 radical (unpaired) electrons. The Morgan fingerprint density at radius 1 is 0.962 bits per heavy atom. The molecule has 1 aliphatic carbocycles. The lowest BCUT2D eigenvalue weighted by Crippen LogP contribution is -2.52. The summed E-state index contributed by atoms with van der Waals surface area (Å²) in [6, 6.07) is 9.63. The monoisotopic (exact) mass is 359 g/mol. The summed E-state index contributed by atoms with van der Waals surface area (Å²) >= 11 is 0. The van der Waals surface area contributed by atoms with E-state index in [1.807, 2.05) is 30.3 Å². The molecule has 0 unspecified atom stereocenters. The van der Waals surface area contributed by atoms with Crippen LogP contribution in [0.3, 0.4) is 0 Å². The predicted molar refractivity (Wildman–Crippen MR) is 105 cm³/mol. The molecule has 0 saturated heterocycles. The predicted octanol–water partition coefficient (Wildman–Crippen LogP) is 2.51. The average Bonchev–Trinajstić information content (AvgIpc) is 2.87. The summed E-state index contributed by atoms with van der Waals surface area (Å²) in [6.45, 7) is 1.07. The van der Waals surface area contributed by atoms with Gasteiger partial charge in [-0.1, -0.05) is 56.0 Å². The third kappa shape index (κ3) is 6.45. The van der Waals surface area contributed by atoms with Gasteiger partial charge in [-0.25, -0.2) is 0 Å². The first-order valence-corrected chi connectivity index (χ1v) is 9.77. The van der Waals surface area contributed by atoms with E-state index in [1.54, 1.807) is 0 Å². The molecule has 26 heavy (non-hydrogen) atoms. The number of likely N-dealkylation sites (N-methyl/N-ethyl adjacent to an activating group) is 1. The van der Waals surface area contributed by atoms with Crippen LogP contribution in [0.4, 0.5) is 0 Å². The quantitative estimate of drug-likeness (QED) is 0.701. The zero-order valence-electron chi connectivity index (χ0n) is 16.2. The molecule has 2 rings (SSSR count). The maximum absolute atomic E-state index is 12.2. The van der Waals surface area contributed by atoms with Gasteiger partial charge in [0.05, 0.1) is 6.42 Å². The Hall–Kier alpha value is -1.88. The van der Waals surface area contributed by atoms with E-state index in [9.17, 15) is 9.59 Å². The van der Waals surface area contributed by atoms with E-state index in [0.29, 0.717) is 25.9 Å². The normalized spacial score (nSPS) is 16.7. The van der Waals surface area contributed by atoms with Gasteiger partial charge in [-0.3, -0.25) is 9.59 Å². The van der Waals surface area contributed by atoms with Crippen LogP contribution in [0, 0.1) is 0 Å². The summed E-state index contributed by atoms with van der Waals surface area (Å²) in [7, 11) is 4.22. The van der Waals surface area contributed by atoms with Gasteiger partial charge in [-0.15, -0.1) is 0 Å². The van der Waals surface area contributed by atoms with Crippen LogP contribution in [-0.4, -0.2) is 49.4 Å². The fourth-order valence-corrected chi connectivity index (χ4v) is 3.68. The Morgan fingerprint density at radius 3 is 2.23 bits per heavy atom. The molecule has 0 atom stereocenters. The molecule has 1 aromatic carbocycles. The molecule has 1 fully saturated rings. The van der Waals surface area contributed by atoms with Crippen LogP contribution < -0.4 is 10.6 Å². The minimum absolute atomic E-state index is 0.00971. The lowest BCUT2D eigenvalue weighted by molar-refractivity contribution is -0.122. The molecule has 5 nitrogen and oxygen atoms in total. The summed E-state index contributed by atoms with van der Waals surface area (Å²) in [5.41, 5.74) is 1.05. The second-order valence-corrected chi connectivity index (χ2v) is 7.57. The number of nitrogens with one attached hydrogen (secondary N) is 2. The van der Waals surface area contributed by atoms with E-state index in [1.165, 1.54) is 25.7 Å². The Morgan fingerprint density at radius 2 is 1.62 bits per heavy atom. The summed E-state index contributed by atoms with van der Waals surface area (Å²) in [5, 5.41) is 5.93. The highest BCUT2D eigenvalue weighted by Gasteiger charge is 2.33. The molecule has 0 aromatic heterocycles. The number of hydrogen-bond donors (Lipinski definition) is 2. The van der Waals surface area contributed by atoms with Crippen molar-refractivity contribution in [1.82, 2.24) is 15.5 Å². The zero-order valence-corrected chi connectivity index (χ0v) is 16.2. The fraction of sp³-hybridized carbons (Fsp3) is 0.619. The van der Waals surface area contributed by atoms with E-state index in [2.05, 4.69) is 29.6 Å². The first-order chi connectivity index (χ1) is 12.5. The van der Waals surface area contributed by atoms with Crippen LogP contribution in [0.1, 0.15) is 50.5 Å². The van der Waals surface area contributed by atoms with Gasteiger partial charge in [0.15, 0.2) is 0 Å². The third-order valence-corrected chi connectivity index (χ3v) is 5.48. The Bertz CT molecular complexity index is 564. The molecule has 1 saturated carbocycles. The summed E-state index contributed by atoms with van der Waals surface area (Å²) in [5.74, 6) is -0.0342. The molecule has 5 heteroatoms. The van der Waals surface area contributed by atoms with Gasteiger partial charge >= 0.3 is 0 Å². The van der Waals surface area contributed by atoms with Crippen LogP contribution in [0.25, 0.3) is 0 Å². The topological polar surface area (TPSA) is 61.4 Å². The van der Waals surface area contributed by atoms with Gasteiger partial charge < -0.3 is 15.5 Å². The summed E-state index contributed by atoms with van der Waals surface area (Å²) in [4.78, 5) is 26.4. The van der Waals surface area contributed by atoms with Crippen molar-refractivity contribution in [3.8, 4) is 0 Å². The number of rotatable bonds is 8. The van der Waals surface area contributed by atoms with E-state index >= 15 is 0 Å². The lowest BCUT2D eigenvalue weighted by atomic mass is 9.88. The number of carbonyl (C=O) groups is 2. The van der Waals surface area contributed by atoms with Crippen molar-refractivity contribution in [1.29, 1.82) is 0 Å². The zero-order chi connectivity index (χ0) is 18.8. The van der Waals surface area contributed by atoms with Crippen LogP contribution in [0.15, 0.2) is 30.3 Å². The second-order valence-electron chi connectivity index (χ2n) is 7.57. The summed E-state index contributed by atoms with van der Waals surface area (Å²) in [6.07, 6.45) is 7.97. The molecule has 0 heterocycles. The van der Waals surface area contributed by atoms with Crippen molar-refractivity contribution in [2.75, 3.05) is 27.2 Å². The molecule has 1 aromatic rings. The minimum Gasteiger partial charge on any atom is -0.355 e. The van der Waals surface area contributed by atoms with Gasteiger partial charge in [0, 0.05) is 25.0 Å². The first-order valence-electron chi connectivity index (χ1n) is 9.77. The van der Waals surface area contributed by atoms with E-state index < -0.39 is 0 Å². The lowest BCUT2D eigenvalue weighted by Gasteiger charge is -2.39. The molecular formula is C21H33N3O2. The number of benzene rings is 1. The molecular weight excluding hydrogens is 326 g/mol. The van der Waals surface area contributed by atoms with Gasteiger partial charge in [0.1, 0.15) is 0 Å². The van der Waals surface area contributed by atoms with Gasteiger partial charge in [-0.05, 0) is 32.5 Å². The van der Waals surface area contributed by atoms with E-state index in [4.69, 9.17) is 0 Å². The van der Waals surface area contributed by atoms with E-state index in [0.717, 1.165) is 18.4 Å². The maximum atomic E-state index is 12.2. The maximum Gasteiger partial charge on any atom is 0.224 e. The van der Waals surface area contributed by atoms with Crippen molar-refractivity contribution in [3.63, 3.8) is 0 Å². The molecule has 0 aliphatic heterocycles. The number of amides is 2. The van der Waals surface area contributed by atoms with Gasteiger partial charge in [-0.2, -0.15) is 0 Å². The second kappa shape index (κ2) is 10.3. The molecule has 1 aliphatic rings. The van der Waals surface area contributed by atoms with E-state index in [-0.39, 0.29) is 17.4 Å². The van der Waals surface area contributed by atoms with Crippen molar-refractivity contribution in [2.45, 2.75) is 56.9 Å². The molecule has 0 bridgehead atoms. The highest BCUT2D eigenvalue weighted by Crippen LogP contribution is 2.30. The fourth-order valence-electron chi connectivity index (χ4n) is 3.68. The standard InChI is InChI=1S/C21H33N3O2/c1-24(2)21(13-8-3-4-9-14-21)17-23-19(25)12-15-22-20(26)16-18-10-6-5-7-11-18/h5-7,10-11H,3-4,8-9,12-17H2,1-2H3,(H,22,26)(H,23,25). The third-order valence-electron chi connectivity index (χ3n) is 5.48. The Balaban J connectivity index is 1.70. The molecule has 144 valence electrons. The summed E-state index contributed by atoms with van der Waals surface area (Å²) < 4.78 is 0. The van der Waals surface area contributed by atoms with Crippen molar-refractivity contribution in [3.05, 3.63) is 35.9 Å². The SMILES string of the molecule is CN(C)C1(CNC(=O)CCNC(=O)Cc2ccccc2)CCCCCC1. The minimum atomic E-state index is -0.0440. The number of carbonyl (C=O) groups excluding carboxylic acids is 2. The first kappa shape index (κ1) is 20.4. The van der Waals surface area contributed by atoms with Crippen LogP contribution >= 0.6 is 0 Å². The van der Waals surface area contributed by atoms with Gasteiger partial charge in [0.2, 0.25) is 11.8 Å². The highest BCUT2D eigenvalue weighted by atomic mass is 16.2. The Labute approximate surface area is 157 Å². The van der Waals surface area contributed by atoms with Crippen LogP contribution in [0.5, 0.6) is 0 Å². The highest BCUT2D eigenvalue weighted by molar-refractivity contribution is 5.80. The Kier molecular flexibility index (Phi) is 8.10. The number of nitrogens with zero attached hydrogens (tertiary/aromatic N) is 1. The van der Waals surface area contributed by atoms with Crippen LogP contribution in [0.2, 0.25) is 0 Å². The largest absolute Gasteiger partial charge is 0.355 e. The average molecular weight is 360 g/mol. The van der Waals surface area contributed by atoms with Crippen molar-refractivity contribution in [2.24, 2.45) is 0 Å². The number of hydrogen-bond acceptors (Lipinski definition) is 3. The molecule has 2 N–H and O–H groups in total.